The molecule has 0 saturated heterocycles. The Morgan fingerprint density at radius 3 is 1.96 bits per heavy atom. The van der Waals surface area contributed by atoms with E-state index in [1.165, 1.54) is 68.7 Å². The molecule has 6 rings (SSSR count). The molecule has 6 heteroatoms. The molecule has 0 amide bonds. The molecule has 0 fully saturated rings. The minimum absolute atomic E-state index is 0.136. The van der Waals surface area contributed by atoms with Crippen LogP contribution < -0.4 is 14.8 Å². The summed E-state index contributed by atoms with van der Waals surface area (Å²) in [7, 11) is 0. The second kappa shape index (κ2) is 19.5. The van der Waals surface area contributed by atoms with Crippen LogP contribution in [0.15, 0.2) is 119 Å². The Bertz CT molecular complexity index is 1990. The van der Waals surface area contributed by atoms with Crippen LogP contribution in [0.2, 0.25) is 0 Å². The normalized spacial score (nSPS) is 12.6. The van der Waals surface area contributed by atoms with Crippen molar-refractivity contribution in [3.8, 4) is 11.5 Å². The number of unbranched alkanes of at least 4 members (excludes halogenated alkanes) is 5. The molecule has 0 aliphatic heterocycles. The molecule has 1 N–H and O–H groups in total. The number of anilines is 2. The van der Waals surface area contributed by atoms with Gasteiger partial charge in [0.15, 0.2) is 11.6 Å². The van der Waals surface area contributed by atoms with Crippen molar-refractivity contribution in [3.63, 3.8) is 0 Å². The van der Waals surface area contributed by atoms with Crippen molar-refractivity contribution in [1.29, 1.82) is 0 Å². The fourth-order valence-electron chi connectivity index (χ4n) is 6.93. The minimum Gasteiger partial charge on any atom is -0.493 e. The molecular formula is C48H53NO4S. The zero-order valence-corrected chi connectivity index (χ0v) is 32.8. The first kappa shape index (κ1) is 38.9. The van der Waals surface area contributed by atoms with Gasteiger partial charge in [0, 0.05) is 32.2 Å². The number of hydrogen-bond donors (Lipinski definition) is 1. The van der Waals surface area contributed by atoms with Crippen LogP contribution in [0.3, 0.4) is 0 Å². The number of nitrogens with one attached hydrogen (secondary N) is 1. The van der Waals surface area contributed by atoms with Crippen LogP contribution in [0.25, 0.3) is 0 Å². The van der Waals surface area contributed by atoms with Gasteiger partial charge in [-0.1, -0.05) is 126 Å². The van der Waals surface area contributed by atoms with Crippen molar-refractivity contribution >= 4 is 34.7 Å². The van der Waals surface area contributed by atoms with Crippen LogP contribution in [0.5, 0.6) is 11.5 Å². The summed E-state index contributed by atoms with van der Waals surface area (Å²) in [5.74, 6) is 1.97. The number of carbonyl (C=O) groups is 2. The van der Waals surface area contributed by atoms with Gasteiger partial charge in [-0.3, -0.25) is 9.59 Å². The Balaban J connectivity index is 1.07. The zero-order chi connectivity index (χ0) is 37.7. The molecule has 5 nitrogen and oxygen atoms in total. The molecule has 0 radical (unpaired) electrons. The average molecular weight is 740 g/mol. The molecule has 1 aliphatic carbocycles. The average Bonchev–Trinajstić information content (AvgIpc) is 3.20. The molecule has 0 aromatic heterocycles. The number of aryl methyl sites for hydroxylation is 1. The summed E-state index contributed by atoms with van der Waals surface area (Å²) < 4.78 is 12.2. The molecule has 5 aromatic rings. The molecule has 1 atom stereocenters. The fourth-order valence-corrected chi connectivity index (χ4v) is 7.91. The van der Waals surface area contributed by atoms with Gasteiger partial charge in [-0.2, -0.15) is 0 Å². The van der Waals surface area contributed by atoms with E-state index in [0.29, 0.717) is 40.5 Å². The lowest BCUT2D eigenvalue weighted by atomic mass is 9.83. The summed E-state index contributed by atoms with van der Waals surface area (Å²) in [5.41, 5.74) is 5.65. The van der Waals surface area contributed by atoms with Gasteiger partial charge in [-0.05, 0) is 97.0 Å². The first-order valence-corrected chi connectivity index (χ1v) is 20.6. The maximum absolute atomic E-state index is 14.1. The van der Waals surface area contributed by atoms with Crippen molar-refractivity contribution < 1.29 is 19.1 Å². The Morgan fingerprint density at radius 2 is 1.24 bits per heavy atom. The van der Waals surface area contributed by atoms with E-state index < -0.39 is 0 Å². The third-order valence-corrected chi connectivity index (χ3v) is 11.3. The molecule has 1 unspecified atom stereocenters. The van der Waals surface area contributed by atoms with Gasteiger partial charge in [-0.25, -0.2) is 0 Å². The van der Waals surface area contributed by atoms with Gasteiger partial charge in [0.2, 0.25) is 0 Å². The number of ketones is 2. The van der Waals surface area contributed by atoms with E-state index in [9.17, 15) is 9.59 Å². The Hall–Kier alpha value is -4.81. The van der Waals surface area contributed by atoms with Crippen LogP contribution in [-0.4, -0.2) is 18.2 Å². The van der Waals surface area contributed by atoms with Crippen LogP contribution in [0.1, 0.15) is 122 Å². The molecule has 0 heterocycles. The molecule has 1 aliphatic rings. The number of fused-ring (bicyclic) bond motifs is 2. The van der Waals surface area contributed by atoms with Crippen LogP contribution >= 0.6 is 11.8 Å². The number of benzene rings is 5. The SMILES string of the molecule is CCCCCCCc1ccc(Nc2cccc3c2C(=O)c2cccc(Sc4ccc(OCc5ccc(OCC(CC)CCCC)cc5)cc4)c2C3=O)cc1. The van der Waals surface area contributed by atoms with Crippen molar-refractivity contribution in [2.45, 2.75) is 101 Å². The molecule has 0 bridgehead atoms. The van der Waals surface area contributed by atoms with Crippen LogP contribution in [0.4, 0.5) is 11.4 Å². The summed E-state index contributed by atoms with van der Waals surface area (Å²) in [6.07, 6.45) is 12.2. The van der Waals surface area contributed by atoms with E-state index in [1.807, 2.05) is 60.7 Å². The van der Waals surface area contributed by atoms with E-state index in [-0.39, 0.29) is 11.6 Å². The lowest BCUT2D eigenvalue weighted by Crippen LogP contribution is -2.23. The second-order valence-corrected chi connectivity index (χ2v) is 15.4. The first-order chi connectivity index (χ1) is 26.5. The van der Waals surface area contributed by atoms with Gasteiger partial charge in [-0.15, -0.1) is 0 Å². The standard InChI is InChI=1S/C48H53NO4S/c1-4-7-9-10-11-15-35-20-24-37(25-21-35)49-43-18-12-16-41-45(43)47(50)42-17-13-19-44(46(42)48(41)51)54-40-30-28-39(29-31-40)53-33-36-22-26-38(27-23-36)52-32-34(6-3)14-8-5-2/h12-13,16-31,34,49H,4-11,14-15,32-33H2,1-3H3. The maximum atomic E-state index is 14.1. The molecule has 54 heavy (non-hydrogen) atoms. The monoisotopic (exact) mass is 739 g/mol. The molecule has 0 saturated carbocycles. The van der Waals surface area contributed by atoms with E-state index in [4.69, 9.17) is 9.47 Å². The highest BCUT2D eigenvalue weighted by Crippen LogP contribution is 2.40. The van der Waals surface area contributed by atoms with Crippen molar-refractivity contribution in [2.75, 3.05) is 11.9 Å². The summed E-state index contributed by atoms with van der Waals surface area (Å²) >= 11 is 1.48. The van der Waals surface area contributed by atoms with Crippen molar-refractivity contribution in [1.82, 2.24) is 0 Å². The fraction of sp³-hybridized carbons (Fsp3) is 0.333. The quantitative estimate of drug-likeness (QED) is 0.0787. The predicted octanol–water partition coefficient (Wildman–Crippen LogP) is 13.0. The van der Waals surface area contributed by atoms with E-state index >= 15 is 0 Å². The summed E-state index contributed by atoms with van der Waals surface area (Å²) in [5, 5.41) is 3.43. The zero-order valence-electron chi connectivity index (χ0n) is 32.0. The van der Waals surface area contributed by atoms with Gasteiger partial charge >= 0.3 is 0 Å². The highest BCUT2D eigenvalue weighted by atomic mass is 32.2. The third-order valence-electron chi connectivity index (χ3n) is 10.2. The van der Waals surface area contributed by atoms with Gasteiger partial charge in [0.1, 0.15) is 18.1 Å². The highest BCUT2D eigenvalue weighted by molar-refractivity contribution is 7.99. The summed E-state index contributed by atoms with van der Waals surface area (Å²) in [6, 6.07) is 35.4. The van der Waals surface area contributed by atoms with Gasteiger partial charge in [0.25, 0.3) is 0 Å². The molecule has 5 aromatic carbocycles. The molecule has 280 valence electrons. The number of carbonyl (C=O) groups excluding carboxylic acids is 2. The van der Waals surface area contributed by atoms with E-state index in [2.05, 4.69) is 62.5 Å². The lowest BCUT2D eigenvalue weighted by molar-refractivity contribution is 0.0977. The lowest BCUT2D eigenvalue weighted by Gasteiger charge is -2.22. The Kier molecular flexibility index (Phi) is 14.0. The predicted molar refractivity (Wildman–Crippen MR) is 222 cm³/mol. The Morgan fingerprint density at radius 1 is 0.611 bits per heavy atom. The number of ether oxygens (including phenoxy) is 2. The first-order valence-electron chi connectivity index (χ1n) is 19.8. The van der Waals surface area contributed by atoms with Crippen molar-refractivity contribution in [3.05, 3.63) is 143 Å². The van der Waals surface area contributed by atoms with Crippen molar-refractivity contribution in [2.24, 2.45) is 5.92 Å². The molecular weight excluding hydrogens is 687 g/mol. The summed E-state index contributed by atoms with van der Waals surface area (Å²) in [6.45, 7) is 7.91. The topological polar surface area (TPSA) is 64.6 Å². The van der Waals surface area contributed by atoms with E-state index in [1.54, 1.807) is 12.1 Å². The number of rotatable bonds is 20. The van der Waals surface area contributed by atoms with Crippen LogP contribution in [0, 0.1) is 5.92 Å². The maximum Gasteiger partial charge on any atom is 0.196 e. The molecule has 0 spiro atoms. The largest absolute Gasteiger partial charge is 0.493 e. The summed E-state index contributed by atoms with van der Waals surface area (Å²) in [4.78, 5) is 29.8. The van der Waals surface area contributed by atoms with E-state index in [0.717, 1.165) is 52.0 Å². The smallest absolute Gasteiger partial charge is 0.196 e. The highest BCUT2D eigenvalue weighted by Gasteiger charge is 2.33. The van der Waals surface area contributed by atoms with Crippen LogP contribution in [-0.2, 0) is 13.0 Å². The van der Waals surface area contributed by atoms with Gasteiger partial charge < -0.3 is 14.8 Å². The van der Waals surface area contributed by atoms with Gasteiger partial charge in [0.05, 0.1) is 17.9 Å². The number of hydrogen-bond acceptors (Lipinski definition) is 6. The Labute approximate surface area is 325 Å². The minimum atomic E-state index is -0.144. The third kappa shape index (κ3) is 10.0. The second-order valence-electron chi connectivity index (χ2n) is 14.3.